The Morgan fingerprint density at radius 3 is 1.76 bits per heavy atom. The summed E-state index contributed by atoms with van der Waals surface area (Å²) in [5.74, 6) is 0. The Kier molecular flexibility index (Phi) is 6.18. The lowest BCUT2D eigenvalue weighted by Crippen LogP contribution is -2.11. The van der Waals surface area contributed by atoms with E-state index in [9.17, 15) is 0 Å². The Labute approximate surface area is 282 Å². The van der Waals surface area contributed by atoms with Crippen LogP contribution in [0, 0.1) is 0 Å². The molecule has 0 radical (unpaired) electrons. The SMILES string of the molecule is c1ccc(-c2ccc3c(oc4ccccc43)c2N(c2ccc(-c3cccc4ccccc34)cc2)c2ccc3c(c2)oc2ccccc23)cc1. The maximum absolute atomic E-state index is 6.78. The molecule has 0 aliphatic heterocycles. The molecule has 3 nitrogen and oxygen atoms in total. The zero-order chi connectivity index (χ0) is 32.3. The molecule has 10 aromatic rings. The smallest absolute Gasteiger partial charge is 0.160 e. The van der Waals surface area contributed by atoms with Gasteiger partial charge in [0.2, 0.25) is 0 Å². The number of nitrogens with zero attached hydrogens (tertiary/aromatic N) is 1. The summed E-state index contributed by atoms with van der Waals surface area (Å²) in [5, 5.41) is 6.84. The van der Waals surface area contributed by atoms with Crippen LogP contribution in [-0.2, 0) is 0 Å². The van der Waals surface area contributed by atoms with Gasteiger partial charge in [-0.1, -0.05) is 127 Å². The van der Waals surface area contributed by atoms with Gasteiger partial charge in [0, 0.05) is 38.9 Å². The molecule has 0 spiro atoms. The summed E-state index contributed by atoms with van der Waals surface area (Å²) in [6.45, 7) is 0. The number of furan rings is 2. The fraction of sp³-hybridized carbons (Fsp3) is 0. The highest BCUT2D eigenvalue weighted by Crippen LogP contribution is 2.48. The van der Waals surface area contributed by atoms with Crippen molar-refractivity contribution >= 4 is 71.7 Å². The van der Waals surface area contributed by atoms with Gasteiger partial charge in [0.15, 0.2) is 5.58 Å². The minimum atomic E-state index is 0.838. The predicted octanol–water partition coefficient (Wildman–Crippen LogP) is 13.4. The van der Waals surface area contributed by atoms with Gasteiger partial charge >= 0.3 is 0 Å². The molecule has 0 atom stereocenters. The topological polar surface area (TPSA) is 29.5 Å². The Morgan fingerprint density at radius 1 is 0.347 bits per heavy atom. The second-order valence-electron chi connectivity index (χ2n) is 12.5. The maximum atomic E-state index is 6.78. The summed E-state index contributed by atoms with van der Waals surface area (Å²) in [6.07, 6.45) is 0. The average molecular weight is 628 g/mol. The van der Waals surface area contributed by atoms with E-state index in [0.717, 1.165) is 72.1 Å². The number of rotatable bonds is 5. The first-order valence-corrected chi connectivity index (χ1v) is 16.6. The molecule has 49 heavy (non-hydrogen) atoms. The summed E-state index contributed by atoms with van der Waals surface area (Å²) < 4.78 is 13.2. The minimum Gasteiger partial charge on any atom is -0.456 e. The number of hydrogen-bond donors (Lipinski definition) is 0. The normalized spacial score (nSPS) is 11.7. The van der Waals surface area contributed by atoms with Crippen molar-refractivity contribution in [3.05, 3.63) is 176 Å². The zero-order valence-electron chi connectivity index (χ0n) is 26.5. The number of para-hydroxylation sites is 2. The van der Waals surface area contributed by atoms with E-state index in [1.54, 1.807) is 0 Å². The highest BCUT2D eigenvalue weighted by molar-refractivity contribution is 6.14. The van der Waals surface area contributed by atoms with Crippen molar-refractivity contribution in [2.24, 2.45) is 0 Å². The fourth-order valence-electron chi connectivity index (χ4n) is 7.38. The third-order valence-electron chi connectivity index (χ3n) is 9.68. The largest absolute Gasteiger partial charge is 0.456 e. The molecule has 2 heterocycles. The molecule has 0 saturated heterocycles. The third kappa shape index (κ3) is 4.44. The molecular formula is C46H29NO2. The molecule has 0 unspecified atom stereocenters. The summed E-state index contributed by atoms with van der Waals surface area (Å²) in [6, 6.07) is 62.0. The van der Waals surface area contributed by atoms with Gasteiger partial charge < -0.3 is 13.7 Å². The molecule has 0 N–H and O–H groups in total. The summed E-state index contributed by atoms with van der Waals surface area (Å²) in [4.78, 5) is 2.33. The second-order valence-corrected chi connectivity index (χ2v) is 12.5. The fourth-order valence-corrected chi connectivity index (χ4v) is 7.38. The third-order valence-corrected chi connectivity index (χ3v) is 9.68. The monoisotopic (exact) mass is 627 g/mol. The molecular weight excluding hydrogens is 599 g/mol. The Bertz CT molecular complexity index is 2820. The van der Waals surface area contributed by atoms with Crippen LogP contribution in [0.1, 0.15) is 0 Å². The Balaban J connectivity index is 1.25. The highest BCUT2D eigenvalue weighted by atomic mass is 16.3. The van der Waals surface area contributed by atoms with Crippen molar-refractivity contribution in [1.29, 1.82) is 0 Å². The maximum Gasteiger partial charge on any atom is 0.160 e. The average Bonchev–Trinajstić information content (AvgIpc) is 3.74. The molecule has 0 saturated carbocycles. The van der Waals surface area contributed by atoms with E-state index in [-0.39, 0.29) is 0 Å². The molecule has 3 heteroatoms. The van der Waals surface area contributed by atoms with Crippen LogP contribution in [0.3, 0.4) is 0 Å². The van der Waals surface area contributed by atoms with Crippen molar-refractivity contribution in [3.8, 4) is 22.3 Å². The van der Waals surface area contributed by atoms with Gasteiger partial charge in [0.1, 0.15) is 16.7 Å². The number of hydrogen-bond acceptors (Lipinski definition) is 3. The first-order valence-electron chi connectivity index (χ1n) is 16.6. The van der Waals surface area contributed by atoms with Gasteiger partial charge in [-0.15, -0.1) is 0 Å². The van der Waals surface area contributed by atoms with Gasteiger partial charge in [-0.25, -0.2) is 0 Å². The minimum absolute atomic E-state index is 0.838. The van der Waals surface area contributed by atoms with E-state index >= 15 is 0 Å². The van der Waals surface area contributed by atoms with Crippen LogP contribution in [0.25, 0.3) is 76.9 Å². The van der Waals surface area contributed by atoms with Crippen molar-refractivity contribution < 1.29 is 8.83 Å². The predicted molar refractivity (Wildman–Crippen MR) is 204 cm³/mol. The van der Waals surface area contributed by atoms with Crippen LogP contribution in [0.5, 0.6) is 0 Å². The number of anilines is 3. The van der Waals surface area contributed by atoms with Crippen LogP contribution < -0.4 is 4.90 Å². The summed E-state index contributed by atoms with van der Waals surface area (Å²) in [5.41, 5.74) is 11.0. The van der Waals surface area contributed by atoms with Gasteiger partial charge in [-0.05, 0) is 69.9 Å². The molecule has 10 rings (SSSR count). The second kappa shape index (κ2) is 11.0. The van der Waals surface area contributed by atoms with Crippen molar-refractivity contribution in [2.45, 2.75) is 0 Å². The zero-order valence-corrected chi connectivity index (χ0v) is 26.5. The molecule has 0 aliphatic carbocycles. The van der Waals surface area contributed by atoms with Crippen LogP contribution in [0.4, 0.5) is 17.1 Å². The molecule has 0 amide bonds. The highest BCUT2D eigenvalue weighted by Gasteiger charge is 2.25. The van der Waals surface area contributed by atoms with Crippen LogP contribution >= 0.6 is 0 Å². The molecule has 230 valence electrons. The molecule has 0 fully saturated rings. The van der Waals surface area contributed by atoms with Crippen molar-refractivity contribution in [2.75, 3.05) is 4.90 Å². The van der Waals surface area contributed by atoms with E-state index in [1.807, 2.05) is 24.3 Å². The molecule has 0 aliphatic rings. The summed E-state index contributed by atoms with van der Waals surface area (Å²) in [7, 11) is 0. The van der Waals surface area contributed by atoms with E-state index in [2.05, 4.69) is 157 Å². The van der Waals surface area contributed by atoms with Gasteiger partial charge in [-0.3, -0.25) is 0 Å². The van der Waals surface area contributed by atoms with Crippen molar-refractivity contribution in [3.63, 3.8) is 0 Å². The Morgan fingerprint density at radius 2 is 0.939 bits per heavy atom. The van der Waals surface area contributed by atoms with E-state index in [1.165, 1.54) is 21.9 Å². The van der Waals surface area contributed by atoms with Crippen molar-refractivity contribution in [1.82, 2.24) is 0 Å². The van der Waals surface area contributed by atoms with E-state index in [4.69, 9.17) is 8.83 Å². The molecule has 0 bridgehead atoms. The van der Waals surface area contributed by atoms with Gasteiger partial charge in [-0.2, -0.15) is 0 Å². The first-order chi connectivity index (χ1) is 24.3. The number of benzene rings is 8. The lowest BCUT2D eigenvalue weighted by atomic mass is 9.97. The van der Waals surface area contributed by atoms with E-state index < -0.39 is 0 Å². The number of fused-ring (bicyclic) bond motifs is 7. The van der Waals surface area contributed by atoms with Gasteiger partial charge in [0.05, 0.1) is 11.4 Å². The van der Waals surface area contributed by atoms with E-state index in [0.29, 0.717) is 0 Å². The van der Waals surface area contributed by atoms with Crippen LogP contribution in [0.2, 0.25) is 0 Å². The quantitative estimate of drug-likeness (QED) is 0.190. The van der Waals surface area contributed by atoms with Crippen LogP contribution in [-0.4, -0.2) is 0 Å². The van der Waals surface area contributed by atoms with Crippen LogP contribution in [0.15, 0.2) is 185 Å². The Hall–Kier alpha value is -6.58. The molecule has 2 aromatic heterocycles. The molecule has 8 aromatic carbocycles. The standard InChI is InChI=1S/C46H29NO2/c1-2-11-31(12-3-1)37-27-28-41-39-17-7-9-20-43(39)49-46(41)45(37)47(34-25-26-40-38-16-6-8-19-42(38)48-44(40)29-34)33-23-21-32(22-24-33)36-18-10-14-30-13-4-5-15-35(30)36/h1-29H. The summed E-state index contributed by atoms with van der Waals surface area (Å²) >= 11 is 0. The van der Waals surface area contributed by atoms with Gasteiger partial charge in [0.25, 0.3) is 0 Å². The first kappa shape index (κ1) is 27.5. The lowest BCUT2D eigenvalue weighted by molar-refractivity contribution is 0.667. The lowest BCUT2D eigenvalue weighted by Gasteiger charge is -2.28.